The Labute approximate surface area is 105 Å². The molecule has 1 heterocycles. The van der Waals surface area contributed by atoms with Gasteiger partial charge >= 0.3 is 0 Å². The summed E-state index contributed by atoms with van der Waals surface area (Å²) in [5.41, 5.74) is 7.74. The van der Waals surface area contributed by atoms with Crippen molar-refractivity contribution in [3.8, 4) is 0 Å². The van der Waals surface area contributed by atoms with Crippen LogP contribution in [0.15, 0.2) is 42.5 Å². The van der Waals surface area contributed by atoms with Crippen molar-refractivity contribution in [1.82, 2.24) is 3.97 Å². The molecule has 0 spiro atoms. The van der Waals surface area contributed by atoms with Crippen molar-refractivity contribution in [2.45, 2.75) is 0 Å². The lowest BCUT2D eigenvalue weighted by Gasteiger charge is -2.03. The Balaban J connectivity index is 2.67. The number of nitrogens with two attached hydrogens (primary N) is 1. The topological polar surface area (TPSA) is 65.1 Å². The highest BCUT2D eigenvalue weighted by Crippen LogP contribution is 2.31. The van der Waals surface area contributed by atoms with E-state index in [-0.39, 0.29) is 0 Å². The second-order valence-electron chi connectivity index (χ2n) is 4.32. The van der Waals surface area contributed by atoms with E-state index in [0.29, 0.717) is 16.7 Å². The number of nitrogens with zero attached hydrogens (tertiary/aromatic N) is 1. The van der Waals surface area contributed by atoms with Crippen LogP contribution in [0, 0.1) is 0 Å². The number of fused-ring (bicyclic) bond motifs is 3. The summed E-state index contributed by atoms with van der Waals surface area (Å²) in [7, 11) is -3.35. The van der Waals surface area contributed by atoms with Crippen LogP contribution in [0.1, 0.15) is 0 Å². The first-order chi connectivity index (χ1) is 8.48. The van der Waals surface area contributed by atoms with Gasteiger partial charge in [0.1, 0.15) is 0 Å². The minimum absolute atomic E-state index is 0.624. The molecular weight excluding hydrogens is 248 g/mol. The van der Waals surface area contributed by atoms with Crippen LogP contribution in [0.25, 0.3) is 21.8 Å². The first-order valence-corrected chi connectivity index (χ1v) is 7.32. The summed E-state index contributed by atoms with van der Waals surface area (Å²) in [6, 6.07) is 12.7. The number of rotatable bonds is 1. The molecule has 2 N–H and O–H groups in total. The van der Waals surface area contributed by atoms with Crippen LogP contribution in [0.5, 0.6) is 0 Å². The SMILES string of the molecule is CS(=O)(=O)n1c2ccccc2c2cc(N)ccc21. The van der Waals surface area contributed by atoms with E-state index in [2.05, 4.69) is 0 Å². The Morgan fingerprint density at radius 2 is 1.67 bits per heavy atom. The Bertz CT molecular complexity index is 863. The van der Waals surface area contributed by atoms with Crippen molar-refractivity contribution in [1.29, 1.82) is 0 Å². The lowest BCUT2D eigenvalue weighted by Crippen LogP contribution is -2.09. The Morgan fingerprint density at radius 3 is 2.39 bits per heavy atom. The van der Waals surface area contributed by atoms with Gasteiger partial charge in [0, 0.05) is 16.5 Å². The summed E-state index contributed by atoms with van der Waals surface area (Å²) < 4.78 is 25.2. The molecule has 18 heavy (non-hydrogen) atoms. The van der Waals surface area contributed by atoms with Gasteiger partial charge in [0.15, 0.2) is 0 Å². The van der Waals surface area contributed by atoms with Crippen LogP contribution in [0.3, 0.4) is 0 Å². The molecule has 0 amide bonds. The number of nitrogen functional groups attached to an aromatic ring is 1. The number of aromatic nitrogens is 1. The highest BCUT2D eigenvalue weighted by atomic mass is 32.2. The second-order valence-corrected chi connectivity index (χ2v) is 6.15. The van der Waals surface area contributed by atoms with Crippen LogP contribution in [-0.2, 0) is 10.0 Å². The zero-order valence-corrected chi connectivity index (χ0v) is 10.6. The van der Waals surface area contributed by atoms with E-state index in [0.717, 1.165) is 10.8 Å². The molecule has 0 aliphatic rings. The summed E-state index contributed by atoms with van der Waals surface area (Å²) in [6.07, 6.45) is 1.20. The van der Waals surface area contributed by atoms with Gasteiger partial charge in [-0.1, -0.05) is 18.2 Å². The Hall–Kier alpha value is -2.01. The average Bonchev–Trinajstić information content (AvgIpc) is 2.62. The standard InChI is InChI=1S/C13H12N2O2S/c1-18(16,17)15-12-5-3-2-4-10(12)11-8-9(14)6-7-13(11)15/h2-8H,14H2,1H3. The number of benzene rings is 2. The van der Waals surface area contributed by atoms with Gasteiger partial charge in [-0.15, -0.1) is 0 Å². The van der Waals surface area contributed by atoms with E-state index >= 15 is 0 Å². The molecule has 0 radical (unpaired) electrons. The van der Waals surface area contributed by atoms with Gasteiger partial charge in [0.05, 0.1) is 17.3 Å². The first-order valence-electron chi connectivity index (χ1n) is 5.48. The van der Waals surface area contributed by atoms with Crippen LogP contribution >= 0.6 is 0 Å². The smallest absolute Gasteiger partial charge is 0.236 e. The van der Waals surface area contributed by atoms with E-state index in [9.17, 15) is 8.42 Å². The average molecular weight is 260 g/mol. The van der Waals surface area contributed by atoms with Crippen LogP contribution in [-0.4, -0.2) is 18.6 Å². The van der Waals surface area contributed by atoms with Crippen molar-refractivity contribution < 1.29 is 8.42 Å². The van der Waals surface area contributed by atoms with Gasteiger partial charge < -0.3 is 5.73 Å². The summed E-state index contributed by atoms with van der Waals surface area (Å²) in [6.45, 7) is 0. The molecule has 3 aromatic rings. The molecule has 0 aliphatic heterocycles. The van der Waals surface area contributed by atoms with Crippen LogP contribution < -0.4 is 5.73 Å². The van der Waals surface area contributed by atoms with Gasteiger partial charge in [-0.05, 0) is 24.3 Å². The van der Waals surface area contributed by atoms with Crippen molar-refractivity contribution in [2.75, 3.05) is 12.0 Å². The minimum Gasteiger partial charge on any atom is -0.399 e. The fraction of sp³-hybridized carbons (Fsp3) is 0.0769. The van der Waals surface area contributed by atoms with Crippen molar-refractivity contribution in [2.24, 2.45) is 0 Å². The largest absolute Gasteiger partial charge is 0.399 e. The lowest BCUT2D eigenvalue weighted by atomic mass is 10.1. The maximum atomic E-state index is 11.9. The maximum absolute atomic E-state index is 11.9. The molecule has 0 unspecified atom stereocenters. The van der Waals surface area contributed by atoms with E-state index in [1.54, 1.807) is 24.3 Å². The second kappa shape index (κ2) is 3.49. The number of anilines is 1. The monoisotopic (exact) mass is 260 g/mol. The molecule has 0 atom stereocenters. The molecule has 2 aromatic carbocycles. The lowest BCUT2D eigenvalue weighted by molar-refractivity contribution is 0.596. The molecule has 0 bridgehead atoms. The molecule has 0 aliphatic carbocycles. The highest BCUT2D eigenvalue weighted by molar-refractivity contribution is 7.89. The van der Waals surface area contributed by atoms with Crippen LogP contribution in [0.4, 0.5) is 5.69 Å². The fourth-order valence-corrected chi connectivity index (χ4v) is 3.35. The normalized spacial score (nSPS) is 12.3. The van der Waals surface area contributed by atoms with Crippen LogP contribution in [0.2, 0.25) is 0 Å². The van der Waals surface area contributed by atoms with E-state index in [1.165, 1.54) is 10.2 Å². The Kier molecular flexibility index (Phi) is 2.15. The molecule has 1 aromatic heterocycles. The molecule has 0 saturated carbocycles. The van der Waals surface area contributed by atoms with Gasteiger partial charge in [-0.2, -0.15) is 0 Å². The molecule has 3 rings (SSSR count). The molecule has 0 saturated heterocycles. The zero-order valence-electron chi connectivity index (χ0n) is 9.79. The first kappa shape index (κ1) is 11.1. The molecule has 5 heteroatoms. The number of hydrogen-bond donors (Lipinski definition) is 1. The van der Waals surface area contributed by atoms with Crippen molar-refractivity contribution >= 4 is 37.5 Å². The molecule has 4 nitrogen and oxygen atoms in total. The predicted octanol–water partition coefficient (Wildman–Crippen LogP) is 2.18. The number of hydrogen-bond acceptors (Lipinski definition) is 3. The summed E-state index contributed by atoms with van der Waals surface area (Å²) >= 11 is 0. The Morgan fingerprint density at radius 1 is 1.00 bits per heavy atom. The third-order valence-electron chi connectivity index (χ3n) is 2.98. The van der Waals surface area contributed by atoms with Gasteiger partial charge in [-0.25, -0.2) is 12.4 Å². The highest BCUT2D eigenvalue weighted by Gasteiger charge is 2.16. The quantitative estimate of drug-likeness (QED) is 0.682. The predicted molar refractivity (Wildman–Crippen MR) is 74.1 cm³/mol. The van der Waals surface area contributed by atoms with Gasteiger partial charge in [-0.3, -0.25) is 0 Å². The summed E-state index contributed by atoms with van der Waals surface area (Å²) in [4.78, 5) is 0. The molecule has 0 fully saturated rings. The van der Waals surface area contributed by atoms with Gasteiger partial charge in [0.2, 0.25) is 10.0 Å². The summed E-state index contributed by atoms with van der Waals surface area (Å²) in [5, 5.41) is 1.75. The van der Waals surface area contributed by atoms with Gasteiger partial charge in [0.25, 0.3) is 0 Å². The number of para-hydroxylation sites is 1. The van der Waals surface area contributed by atoms with Crippen molar-refractivity contribution in [3.63, 3.8) is 0 Å². The van der Waals surface area contributed by atoms with E-state index in [4.69, 9.17) is 5.73 Å². The summed E-state index contributed by atoms with van der Waals surface area (Å²) in [5.74, 6) is 0. The zero-order chi connectivity index (χ0) is 12.9. The molecule has 92 valence electrons. The third-order valence-corrected chi connectivity index (χ3v) is 4.04. The maximum Gasteiger partial charge on any atom is 0.236 e. The fourth-order valence-electron chi connectivity index (χ4n) is 2.31. The van der Waals surface area contributed by atoms with Crippen molar-refractivity contribution in [3.05, 3.63) is 42.5 Å². The minimum atomic E-state index is -3.35. The van der Waals surface area contributed by atoms with E-state index < -0.39 is 10.0 Å². The van der Waals surface area contributed by atoms with E-state index in [1.807, 2.05) is 18.2 Å². The molecular formula is C13H12N2O2S. The third kappa shape index (κ3) is 1.48.